The van der Waals surface area contributed by atoms with E-state index in [2.05, 4.69) is 31.0 Å². The van der Waals surface area contributed by atoms with Crippen LogP contribution in [0.1, 0.15) is 25.8 Å². The van der Waals surface area contributed by atoms with Crippen LogP contribution in [0.5, 0.6) is 0 Å². The zero-order valence-corrected chi connectivity index (χ0v) is 11.6. The van der Waals surface area contributed by atoms with Gasteiger partial charge in [0.05, 0.1) is 18.8 Å². The summed E-state index contributed by atoms with van der Waals surface area (Å²) in [6.07, 6.45) is 0.807. The monoisotopic (exact) mass is 259 g/mol. The second-order valence-corrected chi connectivity index (χ2v) is 5.13. The first-order chi connectivity index (χ1) is 9.16. The summed E-state index contributed by atoms with van der Waals surface area (Å²) < 4.78 is 10.8. The van der Waals surface area contributed by atoms with Gasteiger partial charge in [-0.15, -0.1) is 0 Å². The molecule has 0 saturated carbocycles. The molecule has 0 unspecified atom stereocenters. The first-order valence-electron chi connectivity index (χ1n) is 6.72. The van der Waals surface area contributed by atoms with Crippen LogP contribution < -0.4 is 5.32 Å². The highest BCUT2D eigenvalue weighted by atomic mass is 16.7. The fourth-order valence-corrected chi connectivity index (χ4v) is 1.87. The molecule has 0 atom stereocenters. The van der Waals surface area contributed by atoms with Crippen molar-refractivity contribution in [2.24, 2.45) is 0 Å². The molecule has 1 aliphatic rings. The van der Waals surface area contributed by atoms with E-state index in [0.717, 1.165) is 18.5 Å². The van der Waals surface area contributed by atoms with Crippen molar-refractivity contribution in [3.63, 3.8) is 0 Å². The van der Waals surface area contributed by atoms with Gasteiger partial charge in [-0.2, -0.15) is 0 Å². The first-order valence-corrected chi connectivity index (χ1v) is 6.72. The maximum Gasteiger partial charge on any atom is 0.159 e. The third-order valence-corrected chi connectivity index (χ3v) is 2.93. The van der Waals surface area contributed by atoms with Crippen LogP contribution in [0, 0.1) is 11.8 Å². The fraction of sp³-hybridized carbons (Fsp3) is 0.500. The first kappa shape index (κ1) is 14.1. The molecule has 3 heteroatoms. The van der Waals surface area contributed by atoms with Gasteiger partial charge in [-0.1, -0.05) is 30.0 Å². The van der Waals surface area contributed by atoms with E-state index in [9.17, 15) is 0 Å². The predicted molar refractivity (Wildman–Crippen MR) is 75.7 cm³/mol. The van der Waals surface area contributed by atoms with E-state index in [4.69, 9.17) is 9.47 Å². The fourth-order valence-electron chi connectivity index (χ4n) is 1.87. The molecule has 1 saturated heterocycles. The second-order valence-electron chi connectivity index (χ2n) is 5.13. The molecule has 0 aliphatic carbocycles. The van der Waals surface area contributed by atoms with Crippen molar-refractivity contribution in [3.05, 3.63) is 35.9 Å². The average Bonchev–Trinajstić information content (AvgIpc) is 2.91. The van der Waals surface area contributed by atoms with Crippen molar-refractivity contribution in [1.82, 2.24) is 5.32 Å². The minimum Gasteiger partial charge on any atom is -0.350 e. The summed E-state index contributed by atoms with van der Waals surface area (Å²) in [7, 11) is 0. The molecule has 0 aromatic heterocycles. The normalized spacial score (nSPS) is 16.1. The summed E-state index contributed by atoms with van der Waals surface area (Å²) in [5, 5.41) is 3.42. The zero-order valence-electron chi connectivity index (χ0n) is 11.6. The molecule has 1 aromatic carbocycles. The smallest absolute Gasteiger partial charge is 0.159 e. The number of hydrogen-bond acceptors (Lipinski definition) is 3. The molecular formula is C16H21NO2. The molecule has 1 heterocycles. The SMILES string of the molecule is CC(C)(C#Cc1ccccc1)NCCC1OCCO1. The van der Waals surface area contributed by atoms with E-state index in [1.807, 2.05) is 30.3 Å². The summed E-state index contributed by atoms with van der Waals surface area (Å²) in [5.74, 6) is 6.45. The Hall–Kier alpha value is -1.34. The van der Waals surface area contributed by atoms with Crippen LogP contribution in [0.3, 0.4) is 0 Å². The Bertz CT molecular complexity index is 439. The lowest BCUT2D eigenvalue weighted by atomic mass is 10.1. The predicted octanol–water partition coefficient (Wildman–Crippen LogP) is 2.17. The second kappa shape index (κ2) is 6.72. The molecule has 0 spiro atoms. The van der Waals surface area contributed by atoms with Gasteiger partial charge in [0.1, 0.15) is 0 Å². The highest BCUT2D eigenvalue weighted by molar-refractivity contribution is 5.36. The van der Waals surface area contributed by atoms with Crippen molar-refractivity contribution < 1.29 is 9.47 Å². The van der Waals surface area contributed by atoms with E-state index >= 15 is 0 Å². The van der Waals surface area contributed by atoms with Gasteiger partial charge >= 0.3 is 0 Å². The number of rotatable bonds is 4. The van der Waals surface area contributed by atoms with Gasteiger partial charge in [-0.25, -0.2) is 0 Å². The number of nitrogens with one attached hydrogen (secondary N) is 1. The van der Waals surface area contributed by atoms with Crippen LogP contribution in [0.25, 0.3) is 0 Å². The van der Waals surface area contributed by atoms with E-state index in [1.165, 1.54) is 0 Å². The Morgan fingerprint density at radius 1 is 1.21 bits per heavy atom. The largest absolute Gasteiger partial charge is 0.350 e. The number of benzene rings is 1. The van der Waals surface area contributed by atoms with Gasteiger partial charge in [0.25, 0.3) is 0 Å². The summed E-state index contributed by atoms with van der Waals surface area (Å²) in [6.45, 7) is 6.42. The molecule has 0 bridgehead atoms. The van der Waals surface area contributed by atoms with Crippen molar-refractivity contribution in [2.75, 3.05) is 19.8 Å². The molecule has 102 valence electrons. The molecule has 19 heavy (non-hydrogen) atoms. The molecule has 1 aromatic rings. The van der Waals surface area contributed by atoms with Gasteiger partial charge in [-0.3, -0.25) is 0 Å². The van der Waals surface area contributed by atoms with E-state index < -0.39 is 0 Å². The zero-order chi connectivity index (χ0) is 13.6. The lowest BCUT2D eigenvalue weighted by Gasteiger charge is -2.20. The Labute approximate surface area is 115 Å². The molecule has 2 rings (SSSR count). The Balaban J connectivity index is 1.79. The Morgan fingerprint density at radius 2 is 1.89 bits per heavy atom. The van der Waals surface area contributed by atoms with Gasteiger partial charge in [0, 0.05) is 18.5 Å². The maximum atomic E-state index is 5.40. The third kappa shape index (κ3) is 5.04. The summed E-state index contributed by atoms with van der Waals surface area (Å²) in [5.41, 5.74) is 0.828. The van der Waals surface area contributed by atoms with Gasteiger partial charge < -0.3 is 14.8 Å². The van der Waals surface area contributed by atoms with E-state index in [-0.39, 0.29) is 11.8 Å². The number of hydrogen-bond donors (Lipinski definition) is 1. The lowest BCUT2D eigenvalue weighted by molar-refractivity contribution is -0.0464. The van der Waals surface area contributed by atoms with Crippen LogP contribution in [-0.2, 0) is 9.47 Å². The van der Waals surface area contributed by atoms with Crippen LogP contribution in [0.15, 0.2) is 30.3 Å². The molecule has 0 radical (unpaired) electrons. The van der Waals surface area contributed by atoms with Crippen molar-refractivity contribution >= 4 is 0 Å². The molecule has 0 amide bonds. The minimum atomic E-state index is -0.214. The van der Waals surface area contributed by atoms with Crippen LogP contribution in [0.4, 0.5) is 0 Å². The third-order valence-electron chi connectivity index (χ3n) is 2.93. The molecule has 1 fully saturated rings. The quantitative estimate of drug-likeness (QED) is 0.841. The lowest BCUT2D eigenvalue weighted by Crippen LogP contribution is -2.39. The van der Waals surface area contributed by atoms with E-state index in [1.54, 1.807) is 0 Å². The topological polar surface area (TPSA) is 30.5 Å². The highest BCUT2D eigenvalue weighted by Gasteiger charge is 2.18. The Kier molecular flexibility index (Phi) is 4.98. The van der Waals surface area contributed by atoms with Gasteiger partial charge in [0.15, 0.2) is 6.29 Å². The molecular weight excluding hydrogens is 238 g/mol. The Morgan fingerprint density at radius 3 is 2.58 bits per heavy atom. The van der Waals surface area contributed by atoms with Crippen molar-refractivity contribution in [2.45, 2.75) is 32.1 Å². The van der Waals surface area contributed by atoms with Crippen LogP contribution in [0.2, 0.25) is 0 Å². The highest BCUT2D eigenvalue weighted by Crippen LogP contribution is 2.08. The summed E-state index contributed by atoms with van der Waals surface area (Å²) in [6, 6.07) is 10.0. The summed E-state index contributed by atoms with van der Waals surface area (Å²) >= 11 is 0. The molecule has 1 N–H and O–H groups in total. The standard InChI is InChI=1S/C16H21NO2/c1-16(2,10-8-14-6-4-3-5-7-14)17-11-9-15-18-12-13-19-15/h3-7,15,17H,9,11-13H2,1-2H3. The van der Waals surface area contributed by atoms with Gasteiger partial charge in [0.2, 0.25) is 0 Å². The molecule has 1 aliphatic heterocycles. The van der Waals surface area contributed by atoms with Crippen LogP contribution >= 0.6 is 0 Å². The maximum absolute atomic E-state index is 5.40. The summed E-state index contributed by atoms with van der Waals surface area (Å²) in [4.78, 5) is 0. The van der Waals surface area contributed by atoms with Crippen molar-refractivity contribution in [1.29, 1.82) is 0 Å². The van der Waals surface area contributed by atoms with Crippen LogP contribution in [-0.4, -0.2) is 31.6 Å². The van der Waals surface area contributed by atoms with Gasteiger partial charge in [-0.05, 0) is 26.0 Å². The minimum absolute atomic E-state index is 0.0506. The number of ether oxygens (including phenoxy) is 2. The molecule has 3 nitrogen and oxygen atoms in total. The van der Waals surface area contributed by atoms with Crippen molar-refractivity contribution in [3.8, 4) is 11.8 Å². The van der Waals surface area contributed by atoms with E-state index in [0.29, 0.717) is 13.2 Å². The average molecular weight is 259 g/mol.